The van der Waals surface area contributed by atoms with Crippen molar-refractivity contribution in [2.24, 2.45) is 0 Å². The van der Waals surface area contributed by atoms with Gasteiger partial charge in [-0.25, -0.2) is 0 Å². The van der Waals surface area contributed by atoms with Crippen LogP contribution in [0.25, 0.3) is 0 Å². The number of aryl methyl sites for hydroxylation is 2. The van der Waals surface area contributed by atoms with E-state index in [1.54, 1.807) is 0 Å². The highest BCUT2D eigenvalue weighted by Gasteiger charge is 2.26. The van der Waals surface area contributed by atoms with Crippen molar-refractivity contribution in [1.82, 2.24) is 4.90 Å². The fourth-order valence-corrected chi connectivity index (χ4v) is 4.61. The Labute approximate surface area is 185 Å². The lowest BCUT2D eigenvalue weighted by molar-refractivity contribution is -0.108. The van der Waals surface area contributed by atoms with Gasteiger partial charge in [0.05, 0.1) is 10.7 Å². The predicted octanol–water partition coefficient (Wildman–Crippen LogP) is 6.01. The van der Waals surface area contributed by atoms with Gasteiger partial charge in [0.1, 0.15) is 18.6 Å². The van der Waals surface area contributed by atoms with Gasteiger partial charge in [0.15, 0.2) is 0 Å². The Morgan fingerprint density at radius 3 is 2.47 bits per heavy atom. The van der Waals surface area contributed by atoms with Crippen LogP contribution >= 0.6 is 11.6 Å². The van der Waals surface area contributed by atoms with Crippen LogP contribution in [0.2, 0.25) is 5.02 Å². The summed E-state index contributed by atoms with van der Waals surface area (Å²) in [5.41, 5.74) is 11.3. The SMILES string of the molecule is Cc1cc(C)cc(COc2cc(N)c(Cl)cc2C(CCCC=O)N2CCCCC2)c1. The van der Waals surface area contributed by atoms with Crippen molar-refractivity contribution in [1.29, 1.82) is 0 Å². The number of anilines is 1. The number of aldehydes is 1. The molecule has 1 unspecified atom stereocenters. The van der Waals surface area contributed by atoms with Crippen LogP contribution in [-0.4, -0.2) is 24.3 Å². The molecule has 4 nitrogen and oxygen atoms in total. The maximum absolute atomic E-state index is 10.9. The summed E-state index contributed by atoms with van der Waals surface area (Å²) in [6.45, 7) is 6.80. The minimum absolute atomic E-state index is 0.178. The Kier molecular flexibility index (Phi) is 8.17. The van der Waals surface area contributed by atoms with E-state index in [2.05, 4.69) is 36.9 Å². The van der Waals surface area contributed by atoms with E-state index in [0.29, 0.717) is 23.7 Å². The number of likely N-dealkylation sites (tertiary alicyclic amines) is 1. The summed E-state index contributed by atoms with van der Waals surface area (Å²) < 4.78 is 6.31. The standard InChI is InChI=1S/C25H33ClN2O2/c1-18-12-19(2)14-20(13-18)17-30-25-16-23(27)22(26)15-21(25)24(8-4-7-11-29)28-9-5-3-6-10-28/h11-16,24H,3-10,17,27H2,1-2H3. The van der Waals surface area contributed by atoms with Gasteiger partial charge in [-0.15, -0.1) is 0 Å². The van der Waals surface area contributed by atoms with Crippen molar-refractivity contribution in [3.05, 3.63) is 57.6 Å². The third-order valence-corrected chi connectivity index (χ3v) is 6.12. The molecule has 2 N–H and O–H groups in total. The Morgan fingerprint density at radius 1 is 1.10 bits per heavy atom. The van der Waals surface area contributed by atoms with Crippen molar-refractivity contribution >= 4 is 23.6 Å². The molecule has 5 heteroatoms. The smallest absolute Gasteiger partial charge is 0.126 e. The minimum atomic E-state index is 0.178. The molecular weight excluding hydrogens is 396 g/mol. The highest BCUT2D eigenvalue weighted by molar-refractivity contribution is 6.33. The van der Waals surface area contributed by atoms with Gasteiger partial charge < -0.3 is 15.3 Å². The van der Waals surface area contributed by atoms with Crippen molar-refractivity contribution in [3.63, 3.8) is 0 Å². The van der Waals surface area contributed by atoms with Crippen LogP contribution in [0.15, 0.2) is 30.3 Å². The average Bonchev–Trinajstić information content (AvgIpc) is 2.72. The van der Waals surface area contributed by atoms with Gasteiger partial charge in [0.25, 0.3) is 0 Å². The highest BCUT2D eigenvalue weighted by atomic mass is 35.5. The summed E-state index contributed by atoms with van der Waals surface area (Å²) in [5.74, 6) is 0.790. The molecule has 0 spiro atoms. The monoisotopic (exact) mass is 428 g/mol. The maximum Gasteiger partial charge on any atom is 0.126 e. The Balaban J connectivity index is 1.89. The van der Waals surface area contributed by atoms with Crippen LogP contribution in [0.3, 0.4) is 0 Å². The van der Waals surface area contributed by atoms with Gasteiger partial charge in [-0.1, -0.05) is 47.3 Å². The van der Waals surface area contributed by atoms with Crippen LogP contribution in [0, 0.1) is 13.8 Å². The summed E-state index contributed by atoms with van der Waals surface area (Å²) in [6, 6.07) is 10.5. The number of carbonyl (C=O) groups excluding carboxylic acids is 1. The number of ether oxygens (including phenoxy) is 1. The zero-order chi connectivity index (χ0) is 21.5. The van der Waals surface area contributed by atoms with Crippen LogP contribution < -0.4 is 10.5 Å². The molecule has 0 aromatic heterocycles. The molecular formula is C25H33ClN2O2. The predicted molar refractivity (Wildman–Crippen MR) is 124 cm³/mol. The van der Waals surface area contributed by atoms with E-state index in [0.717, 1.165) is 49.1 Å². The van der Waals surface area contributed by atoms with Crippen molar-refractivity contribution in [3.8, 4) is 5.75 Å². The molecule has 1 atom stereocenters. The van der Waals surface area contributed by atoms with E-state index in [1.807, 2.05) is 12.1 Å². The fourth-order valence-electron chi connectivity index (χ4n) is 4.44. The zero-order valence-corrected chi connectivity index (χ0v) is 18.9. The molecule has 1 heterocycles. The van der Waals surface area contributed by atoms with E-state index in [9.17, 15) is 4.79 Å². The second kappa shape index (κ2) is 10.8. The Bertz CT molecular complexity index is 842. The van der Waals surface area contributed by atoms with Gasteiger partial charge in [0.2, 0.25) is 0 Å². The number of nitrogens with zero attached hydrogens (tertiary/aromatic N) is 1. The zero-order valence-electron chi connectivity index (χ0n) is 18.1. The lowest BCUT2D eigenvalue weighted by Crippen LogP contribution is -2.34. The summed E-state index contributed by atoms with van der Waals surface area (Å²) >= 11 is 6.43. The number of benzene rings is 2. The molecule has 0 bridgehead atoms. The first-order valence-electron chi connectivity index (χ1n) is 10.9. The molecule has 0 amide bonds. The number of carbonyl (C=O) groups is 1. The average molecular weight is 429 g/mol. The fraction of sp³-hybridized carbons (Fsp3) is 0.480. The number of unbranched alkanes of at least 4 members (excludes halogenated alkanes) is 1. The molecule has 3 rings (SSSR count). The van der Waals surface area contributed by atoms with E-state index < -0.39 is 0 Å². The van der Waals surface area contributed by atoms with Crippen LogP contribution in [-0.2, 0) is 11.4 Å². The number of halogens is 1. The lowest BCUT2D eigenvalue weighted by atomic mass is 9.95. The van der Waals surface area contributed by atoms with Crippen molar-refractivity contribution in [2.75, 3.05) is 18.8 Å². The molecule has 1 fully saturated rings. The number of nitrogen functional groups attached to an aromatic ring is 1. The molecule has 162 valence electrons. The summed E-state index contributed by atoms with van der Waals surface area (Å²) in [6.07, 6.45) is 7.00. The largest absolute Gasteiger partial charge is 0.488 e. The topological polar surface area (TPSA) is 55.6 Å². The number of rotatable bonds is 9. The molecule has 2 aromatic carbocycles. The molecule has 2 aromatic rings. The molecule has 1 aliphatic rings. The second-order valence-corrected chi connectivity index (χ2v) is 8.81. The van der Waals surface area contributed by atoms with Gasteiger partial charge in [-0.3, -0.25) is 4.90 Å². The molecule has 0 saturated carbocycles. The Hall–Kier alpha value is -2.04. The third kappa shape index (κ3) is 5.99. The number of hydrogen-bond donors (Lipinski definition) is 1. The quantitative estimate of drug-likeness (QED) is 0.301. The molecule has 1 saturated heterocycles. The third-order valence-electron chi connectivity index (χ3n) is 5.79. The molecule has 0 aliphatic carbocycles. The summed E-state index contributed by atoms with van der Waals surface area (Å²) in [5, 5.41) is 0.557. The highest BCUT2D eigenvalue weighted by Crippen LogP contribution is 2.39. The summed E-state index contributed by atoms with van der Waals surface area (Å²) in [7, 11) is 0. The van der Waals surface area contributed by atoms with Crippen LogP contribution in [0.1, 0.15) is 66.8 Å². The van der Waals surface area contributed by atoms with Gasteiger partial charge in [-0.05, 0) is 64.3 Å². The van der Waals surface area contributed by atoms with Gasteiger partial charge in [-0.2, -0.15) is 0 Å². The first kappa shape index (κ1) is 22.6. The maximum atomic E-state index is 10.9. The van der Waals surface area contributed by atoms with Crippen molar-refractivity contribution in [2.45, 2.75) is 65.0 Å². The molecule has 1 aliphatic heterocycles. The number of piperidine rings is 1. The van der Waals surface area contributed by atoms with Crippen molar-refractivity contribution < 1.29 is 9.53 Å². The first-order chi connectivity index (χ1) is 14.5. The van der Waals surface area contributed by atoms with E-state index >= 15 is 0 Å². The van der Waals surface area contributed by atoms with Gasteiger partial charge in [0, 0.05) is 24.1 Å². The van der Waals surface area contributed by atoms with Gasteiger partial charge >= 0.3 is 0 Å². The summed E-state index contributed by atoms with van der Waals surface area (Å²) in [4.78, 5) is 13.4. The first-order valence-corrected chi connectivity index (χ1v) is 11.3. The molecule has 30 heavy (non-hydrogen) atoms. The lowest BCUT2D eigenvalue weighted by Gasteiger charge is -2.36. The molecule has 0 radical (unpaired) electrons. The Morgan fingerprint density at radius 2 is 1.80 bits per heavy atom. The second-order valence-electron chi connectivity index (χ2n) is 8.41. The normalized spacial score (nSPS) is 15.7. The van der Waals surface area contributed by atoms with Crippen LogP contribution in [0.4, 0.5) is 5.69 Å². The number of hydrogen-bond acceptors (Lipinski definition) is 4. The van der Waals surface area contributed by atoms with E-state index in [1.165, 1.54) is 30.4 Å². The minimum Gasteiger partial charge on any atom is -0.488 e. The van der Waals surface area contributed by atoms with E-state index in [-0.39, 0.29) is 6.04 Å². The van der Waals surface area contributed by atoms with E-state index in [4.69, 9.17) is 22.1 Å². The van der Waals surface area contributed by atoms with Crippen LogP contribution in [0.5, 0.6) is 5.75 Å². The number of nitrogens with two attached hydrogens (primary N) is 1.